The van der Waals surface area contributed by atoms with E-state index in [1.165, 1.54) is 11.1 Å². The van der Waals surface area contributed by atoms with Gasteiger partial charge in [-0.15, -0.1) is 0 Å². The van der Waals surface area contributed by atoms with Gasteiger partial charge in [0.15, 0.2) is 0 Å². The molecule has 3 aromatic rings. The quantitative estimate of drug-likeness (QED) is 0.487. The van der Waals surface area contributed by atoms with E-state index in [2.05, 4.69) is 34.8 Å². The molecular formula is C25H24N2O. The molecule has 1 amide bonds. The molecule has 3 nitrogen and oxygen atoms in total. The van der Waals surface area contributed by atoms with Crippen LogP contribution in [0.15, 0.2) is 96.1 Å². The summed E-state index contributed by atoms with van der Waals surface area (Å²) in [5.41, 5.74) is 6.87. The second kappa shape index (κ2) is 7.81. The van der Waals surface area contributed by atoms with E-state index in [1.807, 2.05) is 73.7 Å². The monoisotopic (exact) mass is 368 g/mol. The fraction of sp³-hybridized carbons (Fsp3) is 0.200. The van der Waals surface area contributed by atoms with Crippen molar-refractivity contribution in [1.82, 2.24) is 5.43 Å². The van der Waals surface area contributed by atoms with Crippen LogP contribution in [-0.2, 0) is 10.2 Å². The minimum absolute atomic E-state index is 0.0189. The third-order valence-corrected chi connectivity index (χ3v) is 5.60. The van der Waals surface area contributed by atoms with E-state index in [4.69, 9.17) is 0 Å². The van der Waals surface area contributed by atoms with Gasteiger partial charge in [-0.2, -0.15) is 5.10 Å². The second-order valence-corrected chi connectivity index (χ2v) is 7.21. The summed E-state index contributed by atoms with van der Waals surface area (Å²) in [5.74, 6) is -0.135. The van der Waals surface area contributed by atoms with Crippen molar-refractivity contribution in [3.63, 3.8) is 0 Å². The Bertz CT molecular complexity index is 926. The van der Waals surface area contributed by atoms with Crippen LogP contribution in [0.1, 0.15) is 36.5 Å². The summed E-state index contributed by atoms with van der Waals surface area (Å²) in [6.45, 7) is 2.05. The number of nitrogens with one attached hydrogen (secondary N) is 1. The first-order valence-corrected chi connectivity index (χ1v) is 9.78. The van der Waals surface area contributed by atoms with Gasteiger partial charge in [0, 0.05) is 5.41 Å². The van der Waals surface area contributed by atoms with E-state index in [1.54, 1.807) is 0 Å². The average Bonchev–Trinajstić information content (AvgIpc) is 3.53. The zero-order valence-electron chi connectivity index (χ0n) is 16.0. The Balaban J connectivity index is 1.59. The molecule has 3 heteroatoms. The maximum Gasteiger partial charge on any atom is 0.244 e. The van der Waals surface area contributed by atoms with E-state index in [0.29, 0.717) is 0 Å². The van der Waals surface area contributed by atoms with Crippen molar-refractivity contribution in [3.05, 3.63) is 108 Å². The molecular weight excluding hydrogens is 344 g/mol. The Hall–Kier alpha value is -3.20. The summed E-state index contributed by atoms with van der Waals surface area (Å²) in [4.78, 5) is 13.0. The van der Waals surface area contributed by atoms with Crippen molar-refractivity contribution >= 4 is 11.6 Å². The van der Waals surface area contributed by atoms with E-state index in [9.17, 15) is 4.79 Å². The Morgan fingerprint density at radius 3 is 1.89 bits per heavy atom. The first-order chi connectivity index (χ1) is 13.8. The van der Waals surface area contributed by atoms with E-state index >= 15 is 0 Å². The molecule has 28 heavy (non-hydrogen) atoms. The maximum atomic E-state index is 13.0. The highest BCUT2D eigenvalue weighted by Crippen LogP contribution is 2.58. The SMILES string of the molecule is CC/C(=N\NC(=O)C1CC1(c1ccccc1)c1ccccc1)c1ccccc1. The number of amides is 1. The minimum atomic E-state index is -0.263. The highest BCUT2D eigenvalue weighted by Gasteiger charge is 2.60. The van der Waals surface area contributed by atoms with Crippen molar-refractivity contribution in [1.29, 1.82) is 0 Å². The van der Waals surface area contributed by atoms with Crippen molar-refractivity contribution in [2.75, 3.05) is 0 Å². The zero-order chi connectivity index (χ0) is 19.4. The summed E-state index contributed by atoms with van der Waals surface area (Å²) in [5, 5.41) is 4.44. The Kier molecular flexibility index (Phi) is 5.07. The fourth-order valence-corrected chi connectivity index (χ4v) is 4.03. The molecule has 1 aliphatic carbocycles. The predicted molar refractivity (Wildman–Crippen MR) is 113 cm³/mol. The molecule has 0 aromatic heterocycles. The number of carbonyl (C=O) groups is 1. The summed E-state index contributed by atoms with van der Waals surface area (Å²) in [6.07, 6.45) is 1.56. The zero-order valence-corrected chi connectivity index (χ0v) is 16.0. The minimum Gasteiger partial charge on any atom is -0.273 e. The third-order valence-electron chi connectivity index (χ3n) is 5.60. The smallest absolute Gasteiger partial charge is 0.244 e. The van der Waals surface area contributed by atoms with Crippen molar-refractivity contribution in [2.45, 2.75) is 25.2 Å². The van der Waals surface area contributed by atoms with Crippen LogP contribution in [0.3, 0.4) is 0 Å². The van der Waals surface area contributed by atoms with Gasteiger partial charge in [0.25, 0.3) is 0 Å². The van der Waals surface area contributed by atoms with E-state index in [0.717, 1.165) is 24.1 Å². The van der Waals surface area contributed by atoms with Gasteiger partial charge in [0.05, 0.1) is 11.6 Å². The van der Waals surface area contributed by atoms with Gasteiger partial charge in [-0.25, -0.2) is 5.43 Å². The topological polar surface area (TPSA) is 41.5 Å². The lowest BCUT2D eigenvalue weighted by Crippen LogP contribution is -2.26. The number of hydrogen-bond donors (Lipinski definition) is 1. The molecule has 0 bridgehead atoms. The number of benzene rings is 3. The molecule has 0 saturated heterocycles. The average molecular weight is 368 g/mol. The van der Waals surface area contributed by atoms with Crippen LogP contribution in [0.2, 0.25) is 0 Å². The lowest BCUT2D eigenvalue weighted by Gasteiger charge is -2.18. The Morgan fingerprint density at radius 2 is 1.39 bits per heavy atom. The highest BCUT2D eigenvalue weighted by molar-refractivity contribution is 6.01. The molecule has 0 spiro atoms. The molecule has 0 heterocycles. The second-order valence-electron chi connectivity index (χ2n) is 7.21. The van der Waals surface area contributed by atoms with Gasteiger partial charge < -0.3 is 0 Å². The lowest BCUT2D eigenvalue weighted by molar-refractivity contribution is -0.122. The number of hydrogen-bond acceptors (Lipinski definition) is 2. The number of carbonyl (C=O) groups excluding carboxylic acids is 1. The van der Waals surface area contributed by atoms with Gasteiger partial charge in [-0.3, -0.25) is 4.79 Å². The van der Waals surface area contributed by atoms with E-state index < -0.39 is 0 Å². The first kappa shape index (κ1) is 18.2. The number of hydrazone groups is 1. The molecule has 1 unspecified atom stereocenters. The third kappa shape index (κ3) is 3.36. The van der Waals surface area contributed by atoms with Crippen LogP contribution < -0.4 is 5.43 Å². The van der Waals surface area contributed by atoms with Crippen molar-refractivity contribution in [3.8, 4) is 0 Å². The van der Waals surface area contributed by atoms with Gasteiger partial charge in [0.2, 0.25) is 5.91 Å². The fourth-order valence-electron chi connectivity index (χ4n) is 4.03. The van der Waals surface area contributed by atoms with Gasteiger partial charge in [-0.1, -0.05) is 97.9 Å². The molecule has 1 saturated carbocycles. The maximum absolute atomic E-state index is 13.0. The van der Waals surface area contributed by atoms with Crippen LogP contribution in [0.4, 0.5) is 0 Å². The summed E-state index contributed by atoms with van der Waals surface area (Å²) in [7, 11) is 0. The number of rotatable bonds is 6. The van der Waals surface area contributed by atoms with Gasteiger partial charge in [-0.05, 0) is 29.5 Å². The first-order valence-electron chi connectivity index (χ1n) is 9.78. The van der Waals surface area contributed by atoms with Crippen molar-refractivity contribution < 1.29 is 4.79 Å². The molecule has 140 valence electrons. The largest absolute Gasteiger partial charge is 0.273 e. The van der Waals surface area contributed by atoms with Crippen LogP contribution in [0.5, 0.6) is 0 Å². The lowest BCUT2D eigenvalue weighted by atomic mass is 9.85. The normalized spacial score (nSPS) is 17.8. The van der Waals surface area contributed by atoms with Crippen LogP contribution >= 0.6 is 0 Å². The molecule has 4 rings (SSSR count). The summed E-state index contributed by atoms with van der Waals surface area (Å²) in [6, 6.07) is 30.6. The molecule has 1 N–H and O–H groups in total. The number of nitrogens with zero attached hydrogens (tertiary/aromatic N) is 1. The predicted octanol–water partition coefficient (Wildman–Crippen LogP) is 4.92. The standard InChI is InChI=1S/C25H24N2O/c1-2-23(19-12-6-3-7-13-19)26-27-24(28)22-18-25(22,20-14-8-4-9-15-20)21-16-10-5-11-17-21/h3-17,22H,2,18H2,1H3,(H,27,28)/b26-23+. The summed E-state index contributed by atoms with van der Waals surface area (Å²) >= 11 is 0. The Morgan fingerprint density at radius 1 is 0.893 bits per heavy atom. The van der Waals surface area contributed by atoms with Crippen LogP contribution in [0, 0.1) is 5.92 Å². The summed E-state index contributed by atoms with van der Waals surface area (Å²) < 4.78 is 0. The molecule has 0 aliphatic heterocycles. The molecule has 1 aliphatic rings. The Labute approximate surface area is 166 Å². The van der Waals surface area contributed by atoms with Crippen molar-refractivity contribution in [2.24, 2.45) is 11.0 Å². The van der Waals surface area contributed by atoms with Crippen LogP contribution in [0.25, 0.3) is 0 Å². The van der Waals surface area contributed by atoms with E-state index in [-0.39, 0.29) is 17.2 Å². The molecule has 1 fully saturated rings. The van der Waals surface area contributed by atoms with Gasteiger partial charge in [0.1, 0.15) is 0 Å². The molecule has 0 radical (unpaired) electrons. The highest BCUT2D eigenvalue weighted by atomic mass is 16.2. The molecule has 3 aromatic carbocycles. The molecule has 1 atom stereocenters. The van der Waals surface area contributed by atoms with Crippen LogP contribution in [-0.4, -0.2) is 11.6 Å². The van der Waals surface area contributed by atoms with Gasteiger partial charge >= 0.3 is 0 Å².